The van der Waals surface area contributed by atoms with Gasteiger partial charge in [-0.05, 0) is 52.3 Å². The molecule has 1 rings (SSSR count). The first-order chi connectivity index (χ1) is 10.9. The van der Waals surface area contributed by atoms with Crippen LogP contribution in [0.15, 0.2) is 18.2 Å². The van der Waals surface area contributed by atoms with Crippen LogP contribution in [-0.4, -0.2) is 42.6 Å². The van der Waals surface area contributed by atoms with E-state index in [-0.39, 0.29) is 17.8 Å². The Bertz CT molecular complexity index is 736. The van der Waals surface area contributed by atoms with Crippen molar-refractivity contribution in [2.45, 2.75) is 26.4 Å². The Labute approximate surface area is 142 Å². The largest absolute Gasteiger partial charge is 0.478 e. The van der Waals surface area contributed by atoms with Crippen molar-refractivity contribution in [2.75, 3.05) is 24.8 Å². The zero-order chi connectivity index (χ0) is 18.7. The van der Waals surface area contributed by atoms with E-state index in [1.165, 1.54) is 18.2 Å². The molecule has 1 aromatic rings. The van der Waals surface area contributed by atoms with Gasteiger partial charge in [0.15, 0.2) is 0 Å². The summed E-state index contributed by atoms with van der Waals surface area (Å²) in [7, 11) is -2.65. The SMILES string of the molecule is C#CCN(C(=O)OC(C)(C)C)c1ccc(P(C)(C)=O)cc1C(=O)O. The minimum absolute atomic E-state index is 0.104. The second kappa shape index (κ2) is 7.11. The minimum Gasteiger partial charge on any atom is -0.478 e. The van der Waals surface area contributed by atoms with Crippen LogP contribution in [0.4, 0.5) is 10.5 Å². The van der Waals surface area contributed by atoms with Crippen LogP contribution in [0.5, 0.6) is 0 Å². The molecule has 1 aromatic carbocycles. The van der Waals surface area contributed by atoms with Crippen LogP contribution in [0.25, 0.3) is 0 Å². The molecule has 0 unspecified atom stereocenters. The molecular weight excluding hydrogens is 329 g/mol. The molecule has 0 bridgehead atoms. The highest BCUT2D eigenvalue weighted by molar-refractivity contribution is 7.70. The molecule has 0 atom stereocenters. The number of carboxylic acid groups (broad SMARTS) is 1. The molecule has 130 valence electrons. The predicted molar refractivity (Wildman–Crippen MR) is 94.9 cm³/mol. The summed E-state index contributed by atoms with van der Waals surface area (Å²) in [4.78, 5) is 25.0. The highest BCUT2D eigenvalue weighted by Crippen LogP contribution is 2.36. The molecule has 1 amide bonds. The zero-order valence-corrected chi connectivity index (χ0v) is 15.4. The fraction of sp³-hybridized carbons (Fsp3) is 0.412. The summed E-state index contributed by atoms with van der Waals surface area (Å²) in [6.07, 6.45) is 4.56. The molecule has 1 N–H and O–H groups in total. The second-order valence-corrected chi connectivity index (χ2v) is 9.85. The Kier molecular flexibility index (Phi) is 5.86. The molecule has 24 heavy (non-hydrogen) atoms. The smallest absolute Gasteiger partial charge is 0.415 e. The summed E-state index contributed by atoms with van der Waals surface area (Å²) >= 11 is 0. The zero-order valence-electron chi connectivity index (χ0n) is 14.5. The first-order valence-corrected chi connectivity index (χ1v) is 9.84. The van der Waals surface area contributed by atoms with Crippen molar-refractivity contribution in [2.24, 2.45) is 0 Å². The van der Waals surface area contributed by atoms with Gasteiger partial charge in [0, 0.05) is 5.30 Å². The van der Waals surface area contributed by atoms with Crippen molar-refractivity contribution in [3.05, 3.63) is 23.8 Å². The number of hydrogen-bond acceptors (Lipinski definition) is 4. The molecule has 6 nitrogen and oxygen atoms in total. The lowest BCUT2D eigenvalue weighted by Gasteiger charge is -2.27. The third-order valence-electron chi connectivity index (χ3n) is 2.99. The summed E-state index contributed by atoms with van der Waals surface area (Å²) in [5, 5.41) is 9.88. The number of ether oxygens (including phenoxy) is 1. The molecule has 0 spiro atoms. The molecule has 0 saturated heterocycles. The van der Waals surface area contributed by atoms with Gasteiger partial charge in [0.05, 0.1) is 17.8 Å². The number of amides is 1. The van der Waals surface area contributed by atoms with Gasteiger partial charge in [-0.25, -0.2) is 9.59 Å². The molecule has 0 aliphatic carbocycles. The van der Waals surface area contributed by atoms with E-state index in [4.69, 9.17) is 11.2 Å². The van der Waals surface area contributed by atoms with Crippen molar-refractivity contribution in [3.8, 4) is 12.3 Å². The lowest BCUT2D eigenvalue weighted by atomic mass is 10.1. The Hall–Kier alpha value is -2.25. The number of hydrogen-bond donors (Lipinski definition) is 1. The molecule has 0 aliphatic rings. The van der Waals surface area contributed by atoms with Gasteiger partial charge in [-0.3, -0.25) is 4.90 Å². The Morgan fingerprint density at radius 3 is 2.33 bits per heavy atom. The number of anilines is 1. The van der Waals surface area contributed by atoms with Crippen molar-refractivity contribution in [1.29, 1.82) is 0 Å². The maximum atomic E-state index is 12.4. The van der Waals surface area contributed by atoms with Gasteiger partial charge < -0.3 is 14.4 Å². The van der Waals surface area contributed by atoms with E-state index in [0.29, 0.717) is 5.30 Å². The molecule has 0 fully saturated rings. The van der Waals surface area contributed by atoms with Gasteiger partial charge in [-0.1, -0.05) is 5.92 Å². The third-order valence-corrected chi connectivity index (χ3v) is 4.51. The van der Waals surface area contributed by atoms with E-state index in [1.54, 1.807) is 34.1 Å². The Morgan fingerprint density at radius 2 is 1.92 bits per heavy atom. The fourth-order valence-corrected chi connectivity index (χ4v) is 2.80. The second-order valence-electron chi connectivity index (χ2n) is 6.63. The summed E-state index contributed by atoms with van der Waals surface area (Å²) in [6.45, 7) is 8.03. The molecule has 7 heteroatoms. The molecule has 0 aliphatic heterocycles. The number of aromatic carboxylic acids is 1. The first kappa shape index (κ1) is 19.8. The van der Waals surface area contributed by atoms with E-state index in [0.717, 1.165) is 4.90 Å². The van der Waals surface area contributed by atoms with Gasteiger partial charge in [-0.15, -0.1) is 6.42 Å². The van der Waals surface area contributed by atoms with Crippen LogP contribution in [0.2, 0.25) is 0 Å². The number of nitrogens with zero attached hydrogens (tertiary/aromatic N) is 1. The summed E-state index contributed by atoms with van der Waals surface area (Å²) in [6, 6.07) is 4.28. The fourth-order valence-electron chi connectivity index (χ4n) is 1.92. The number of rotatable bonds is 4. The van der Waals surface area contributed by atoms with Gasteiger partial charge in [0.25, 0.3) is 0 Å². The molecule has 0 aromatic heterocycles. The van der Waals surface area contributed by atoms with Crippen LogP contribution in [0, 0.1) is 12.3 Å². The number of benzene rings is 1. The third kappa shape index (κ3) is 5.14. The monoisotopic (exact) mass is 351 g/mol. The molecule has 0 saturated carbocycles. The molecular formula is C17H22NO5P. The average Bonchev–Trinajstić information content (AvgIpc) is 2.41. The van der Waals surface area contributed by atoms with Crippen molar-refractivity contribution >= 4 is 30.2 Å². The first-order valence-electron chi connectivity index (χ1n) is 7.23. The van der Waals surface area contributed by atoms with E-state index >= 15 is 0 Å². The van der Waals surface area contributed by atoms with E-state index in [1.807, 2.05) is 0 Å². The Morgan fingerprint density at radius 1 is 1.33 bits per heavy atom. The maximum Gasteiger partial charge on any atom is 0.415 e. The van der Waals surface area contributed by atoms with E-state index in [9.17, 15) is 19.3 Å². The number of carboxylic acids is 1. The standard InChI is InChI=1S/C17H22NO5P/c1-7-10-18(16(21)23-17(2,3)4)14-9-8-12(24(5,6)22)11-13(14)15(19)20/h1,8-9,11H,10H2,2-6H3,(H,19,20). The van der Waals surface area contributed by atoms with Crippen molar-refractivity contribution in [1.82, 2.24) is 0 Å². The van der Waals surface area contributed by atoms with Gasteiger partial charge in [-0.2, -0.15) is 0 Å². The quantitative estimate of drug-likeness (QED) is 0.666. The number of carbonyl (C=O) groups is 2. The van der Waals surface area contributed by atoms with Crippen LogP contribution < -0.4 is 10.2 Å². The predicted octanol–water partition coefficient (Wildman–Crippen LogP) is 3.01. The van der Waals surface area contributed by atoms with Crippen molar-refractivity contribution in [3.63, 3.8) is 0 Å². The topological polar surface area (TPSA) is 83.9 Å². The van der Waals surface area contributed by atoms with E-state index in [2.05, 4.69) is 5.92 Å². The highest BCUT2D eigenvalue weighted by Gasteiger charge is 2.27. The van der Waals surface area contributed by atoms with Crippen molar-refractivity contribution < 1.29 is 24.0 Å². The van der Waals surface area contributed by atoms with Gasteiger partial charge in [0.2, 0.25) is 0 Å². The van der Waals surface area contributed by atoms with Crippen LogP contribution >= 0.6 is 7.14 Å². The van der Waals surface area contributed by atoms with Crippen LogP contribution in [0.1, 0.15) is 31.1 Å². The van der Waals surface area contributed by atoms with Gasteiger partial charge in [0.1, 0.15) is 12.7 Å². The lowest BCUT2D eigenvalue weighted by Crippen LogP contribution is -2.38. The number of carbonyl (C=O) groups excluding carboxylic acids is 1. The summed E-state index contributed by atoms with van der Waals surface area (Å²) in [5.74, 6) is 1.08. The van der Waals surface area contributed by atoms with Crippen LogP contribution in [-0.2, 0) is 9.30 Å². The average molecular weight is 351 g/mol. The van der Waals surface area contributed by atoms with Gasteiger partial charge >= 0.3 is 12.1 Å². The molecule has 0 radical (unpaired) electrons. The number of terminal acetylenes is 1. The van der Waals surface area contributed by atoms with Crippen LogP contribution in [0.3, 0.4) is 0 Å². The minimum atomic E-state index is -2.65. The lowest BCUT2D eigenvalue weighted by molar-refractivity contribution is 0.0585. The normalized spacial score (nSPS) is 11.5. The highest BCUT2D eigenvalue weighted by atomic mass is 31.2. The maximum absolute atomic E-state index is 12.4. The molecule has 0 heterocycles. The summed E-state index contributed by atoms with van der Waals surface area (Å²) < 4.78 is 17.5. The Balaban J connectivity index is 3.43. The summed E-state index contributed by atoms with van der Waals surface area (Å²) in [5.41, 5.74) is -0.806. The van der Waals surface area contributed by atoms with E-state index < -0.39 is 24.8 Å².